The third-order valence-electron chi connectivity index (χ3n) is 4.14. The molecule has 0 saturated heterocycles. The van der Waals surface area contributed by atoms with Crippen LogP contribution in [0.5, 0.6) is 0 Å². The first-order chi connectivity index (χ1) is 12.0. The highest BCUT2D eigenvalue weighted by atomic mass is 32.1. The third kappa shape index (κ3) is 3.86. The minimum absolute atomic E-state index is 0.220. The maximum absolute atomic E-state index is 13.3. The molecular weight excluding hydrogens is 335 g/mol. The molecule has 2 aromatic carbocycles. The van der Waals surface area contributed by atoms with Crippen LogP contribution in [0.1, 0.15) is 11.1 Å². The maximum Gasteiger partial charge on any atom is 0.199 e. The van der Waals surface area contributed by atoms with Gasteiger partial charge in [-0.1, -0.05) is 36.4 Å². The summed E-state index contributed by atoms with van der Waals surface area (Å²) in [4.78, 5) is 2.05. The van der Waals surface area contributed by atoms with Gasteiger partial charge >= 0.3 is 0 Å². The van der Waals surface area contributed by atoms with Gasteiger partial charge in [-0.3, -0.25) is 4.90 Å². The van der Waals surface area contributed by atoms with Crippen molar-refractivity contribution in [2.24, 2.45) is 7.05 Å². The number of halogens is 1. The zero-order valence-corrected chi connectivity index (χ0v) is 15.4. The lowest BCUT2D eigenvalue weighted by molar-refractivity contribution is 0.244. The lowest BCUT2D eigenvalue weighted by atomic mass is 10.1. The Morgan fingerprint density at radius 3 is 2.64 bits per heavy atom. The quantitative estimate of drug-likeness (QED) is 0.642. The van der Waals surface area contributed by atoms with Crippen molar-refractivity contribution >= 4 is 12.2 Å². The van der Waals surface area contributed by atoms with E-state index in [1.807, 2.05) is 42.9 Å². The molecule has 1 heterocycles. The van der Waals surface area contributed by atoms with Crippen LogP contribution in [0, 0.1) is 17.5 Å². The molecule has 25 heavy (non-hydrogen) atoms. The molecule has 1 aromatic heterocycles. The van der Waals surface area contributed by atoms with Gasteiger partial charge in [0, 0.05) is 19.2 Å². The molecule has 0 fully saturated rings. The van der Waals surface area contributed by atoms with E-state index < -0.39 is 0 Å². The second kappa shape index (κ2) is 7.29. The minimum Gasteiger partial charge on any atom is -0.303 e. The lowest BCUT2D eigenvalue weighted by Gasteiger charge is -2.16. The van der Waals surface area contributed by atoms with Crippen molar-refractivity contribution in [3.8, 4) is 11.4 Å². The predicted molar refractivity (Wildman–Crippen MR) is 100 cm³/mol. The number of rotatable bonds is 5. The van der Waals surface area contributed by atoms with E-state index in [0.717, 1.165) is 22.5 Å². The Balaban J connectivity index is 1.83. The Morgan fingerprint density at radius 2 is 1.92 bits per heavy atom. The van der Waals surface area contributed by atoms with Gasteiger partial charge in [0.25, 0.3) is 0 Å². The number of aromatic nitrogens is 3. The van der Waals surface area contributed by atoms with Crippen LogP contribution >= 0.6 is 12.2 Å². The third-order valence-corrected chi connectivity index (χ3v) is 4.63. The molecule has 0 atom stereocenters. The van der Waals surface area contributed by atoms with Crippen molar-refractivity contribution in [1.82, 2.24) is 19.2 Å². The monoisotopic (exact) mass is 356 g/mol. The summed E-state index contributed by atoms with van der Waals surface area (Å²) in [6, 6.07) is 14.8. The summed E-state index contributed by atoms with van der Waals surface area (Å²) in [5.41, 5.74) is 3.15. The average Bonchev–Trinajstić information content (AvgIpc) is 2.83. The van der Waals surface area contributed by atoms with Crippen LogP contribution in [-0.2, 0) is 20.3 Å². The van der Waals surface area contributed by atoms with Crippen LogP contribution < -0.4 is 0 Å². The largest absolute Gasteiger partial charge is 0.303 e. The number of aryl methyl sites for hydroxylation is 1. The number of hydrogen-bond donors (Lipinski definition) is 0. The molecule has 0 spiro atoms. The van der Waals surface area contributed by atoms with Gasteiger partial charge < -0.3 is 4.57 Å². The zero-order chi connectivity index (χ0) is 18.0. The molecule has 0 aliphatic carbocycles. The summed E-state index contributed by atoms with van der Waals surface area (Å²) in [7, 11) is 3.90. The van der Waals surface area contributed by atoms with Gasteiger partial charge in [-0.05, 0) is 49.4 Å². The topological polar surface area (TPSA) is 26.0 Å². The first-order valence-corrected chi connectivity index (χ1v) is 8.49. The van der Waals surface area contributed by atoms with Gasteiger partial charge in [0.15, 0.2) is 10.6 Å². The van der Waals surface area contributed by atoms with E-state index in [-0.39, 0.29) is 5.82 Å². The van der Waals surface area contributed by atoms with Crippen LogP contribution in [0.3, 0.4) is 0 Å². The summed E-state index contributed by atoms with van der Waals surface area (Å²) in [5, 5.41) is 4.70. The van der Waals surface area contributed by atoms with E-state index in [1.165, 1.54) is 6.07 Å². The van der Waals surface area contributed by atoms with Gasteiger partial charge in [-0.2, -0.15) is 5.10 Å². The Bertz CT molecular complexity index is 945. The van der Waals surface area contributed by atoms with E-state index in [4.69, 9.17) is 17.3 Å². The molecule has 0 saturated carbocycles. The van der Waals surface area contributed by atoms with Crippen LogP contribution in [0.25, 0.3) is 11.4 Å². The molecule has 130 valence electrons. The highest BCUT2D eigenvalue weighted by Crippen LogP contribution is 2.21. The van der Waals surface area contributed by atoms with Crippen molar-refractivity contribution in [3.05, 3.63) is 70.2 Å². The van der Waals surface area contributed by atoms with Gasteiger partial charge in [0.05, 0.1) is 6.67 Å². The van der Waals surface area contributed by atoms with E-state index in [0.29, 0.717) is 18.0 Å². The smallest absolute Gasteiger partial charge is 0.199 e. The Kier molecular flexibility index (Phi) is 5.11. The van der Waals surface area contributed by atoms with Gasteiger partial charge in [-0.15, -0.1) is 0 Å². The fourth-order valence-corrected chi connectivity index (χ4v) is 3.05. The molecule has 3 aromatic rings. The van der Waals surface area contributed by atoms with Crippen molar-refractivity contribution in [1.29, 1.82) is 0 Å². The van der Waals surface area contributed by atoms with Crippen LogP contribution in [-0.4, -0.2) is 26.3 Å². The number of benzene rings is 2. The summed E-state index contributed by atoms with van der Waals surface area (Å²) in [5.74, 6) is 0.629. The maximum atomic E-state index is 13.3. The second-order valence-corrected chi connectivity index (χ2v) is 6.63. The predicted octanol–water partition coefficient (Wildman–Crippen LogP) is 4.16. The minimum atomic E-state index is -0.220. The molecule has 3 rings (SSSR count). The van der Waals surface area contributed by atoms with Crippen molar-refractivity contribution in [2.75, 3.05) is 7.05 Å². The molecule has 6 heteroatoms. The molecular formula is C19H21FN4S. The summed E-state index contributed by atoms with van der Waals surface area (Å²) in [6.45, 7) is 3.22. The SMILES string of the molecule is Cc1ccccc1-c1nn(CN(C)Cc2cccc(F)c2)c(=S)n1C. The summed E-state index contributed by atoms with van der Waals surface area (Å²) < 4.78 is 17.7. The van der Waals surface area contributed by atoms with E-state index in [2.05, 4.69) is 17.9 Å². The molecule has 0 radical (unpaired) electrons. The Morgan fingerprint density at radius 1 is 1.16 bits per heavy atom. The number of nitrogens with zero attached hydrogens (tertiary/aromatic N) is 4. The molecule has 0 aliphatic heterocycles. The molecule has 0 bridgehead atoms. The Labute approximate surface area is 152 Å². The van der Waals surface area contributed by atoms with E-state index >= 15 is 0 Å². The van der Waals surface area contributed by atoms with Crippen molar-refractivity contribution < 1.29 is 4.39 Å². The lowest BCUT2D eigenvalue weighted by Crippen LogP contribution is -2.22. The van der Waals surface area contributed by atoms with Crippen LogP contribution in [0.2, 0.25) is 0 Å². The van der Waals surface area contributed by atoms with Gasteiger partial charge in [0.2, 0.25) is 0 Å². The average molecular weight is 356 g/mol. The fourth-order valence-electron chi connectivity index (χ4n) is 2.86. The van der Waals surface area contributed by atoms with Crippen LogP contribution in [0.15, 0.2) is 48.5 Å². The molecule has 0 N–H and O–H groups in total. The Hall–Kier alpha value is -2.31. The van der Waals surface area contributed by atoms with Crippen LogP contribution in [0.4, 0.5) is 4.39 Å². The highest BCUT2D eigenvalue weighted by molar-refractivity contribution is 7.71. The summed E-state index contributed by atoms with van der Waals surface area (Å²) >= 11 is 5.54. The molecule has 0 amide bonds. The zero-order valence-electron chi connectivity index (χ0n) is 14.6. The standard InChI is InChI=1S/C19H21FN4S/c1-14-7-4-5-10-17(14)18-21-24(19(25)23(18)3)13-22(2)12-15-8-6-9-16(20)11-15/h4-11H,12-13H2,1-3H3. The van der Waals surface area contributed by atoms with Gasteiger partial charge in [-0.25, -0.2) is 9.07 Å². The summed E-state index contributed by atoms with van der Waals surface area (Å²) in [6.07, 6.45) is 0. The normalized spacial score (nSPS) is 11.2. The first kappa shape index (κ1) is 17.5. The van der Waals surface area contributed by atoms with E-state index in [9.17, 15) is 4.39 Å². The number of hydrogen-bond acceptors (Lipinski definition) is 3. The molecule has 4 nitrogen and oxygen atoms in total. The van der Waals surface area contributed by atoms with Crippen molar-refractivity contribution in [3.63, 3.8) is 0 Å². The molecule has 0 aliphatic rings. The van der Waals surface area contributed by atoms with Gasteiger partial charge in [0.1, 0.15) is 5.82 Å². The highest BCUT2D eigenvalue weighted by Gasteiger charge is 2.13. The first-order valence-electron chi connectivity index (χ1n) is 8.08. The fraction of sp³-hybridized carbons (Fsp3) is 0.263. The second-order valence-electron chi connectivity index (χ2n) is 6.27. The van der Waals surface area contributed by atoms with Crippen molar-refractivity contribution in [2.45, 2.75) is 20.1 Å². The molecule has 0 unspecified atom stereocenters. The van der Waals surface area contributed by atoms with E-state index in [1.54, 1.807) is 16.8 Å².